The molecule has 0 amide bonds. The van der Waals surface area contributed by atoms with Gasteiger partial charge < -0.3 is 20.2 Å². The van der Waals surface area contributed by atoms with E-state index in [1.54, 1.807) is 29.7 Å². The van der Waals surface area contributed by atoms with Gasteiger partial charge in [-0.1, -0.05) is 0 Å². The fourth-order valence-electron chi connectivity index (χ4n) is 1.92. The number of hydrogen-bond donors (Lipinski definition) is 3. The summed E-state index contributed by atoms with van der Waals surface area (Å²) in [7, 11) is 0. The smallest absolute Gasteiger partial charge is 0.191 e. The number of nitrogens with zero attached hydrogens (tertiary/aromatic N) is 2. The van der Waals surface area contributed by atoms with Crippen molar-refractivity contribution < 1.29 is 9.52 Å². The summed E-state index contributed by atoms with van der Waals surface area (Å²) in [6, 6.07) is 3.49. The minimum Gasteiger partial charge on any atom is -0.467 e. The highest BCUT2D eigenvalue weighted by molar-refractivity contribution is 7.09. The molecule has 1 unspecified atom stereocenters. The van der Waals surface area contributed by atoms with Gasteiger partial charge in [-0.2, -0.15) is 0 Å². The minimum absolute atomic E-state index is 0.249. The third-order valence-electron chi connectivity index (χ3n) is 2.98. The van der Waals surface area contributed by atoms with Crippen molar-refractivity contribution in [1.29, 1.82) is 0 Å². The number of thiazole rings is 1. The van der Waals surface area contributed by atoms with Crippen molar-refractivity contribution in [1.82, 2.24) is 15.6 Å². The van der Waals surface area contributed by atoms with Crippen molar-refractivity contribution in [2.75, 3.05) is 19.6 Å². The number of nitrogens with one attached hydrogen (secondary N) is 2. The normalized spacial score (nSPS) is 13.1. The second kappa shape index (κ2) is 8.55. The van der Waals surface area contributed by atoms with Gasteiger partial charge in [-0.05, 0) is 26.0 Å². The Labute approximate surface area is 134 Å². The van der Waals surface area contributed by atoms with E-state index in [0.717, 1.165) is 30.2 Å². The van der Waals surface area contributed by atoms with Gasteiger partial charge >= 0.3 is 0 Å². The van der Waals surface area contributed by atoms with Crippen LogP contribution in [0.15, 0.2) is 33.2 Å². The first-order valence-corrected chi connectivity index (χ1v) is 8.21. The summed E-state index contributed by atoms with van der Waals surface area (Å²) in [4.78, 5) is 8.80. The molecule has 0 saturated carbocycles. The van der Waals surface area contributed by atoms with Crippen LogP contribution >= 0.6 is 11.3 Å². The van der Waals surface area contributed by atoms with Gasteiger partial charge in [0, 0.05) is 24.9 Å². The summed E-state index contributed by atoms with van der Waals surface area (Å²) in [5.41, 5.74) is 1.08. The van der Waals surface area contributed by atoms with E-state index < -0.39 is 6.10 Å². The van der Waals surface area contributed by atoms with Crippen molar-refractivity contribution in [2.24, 2.45) is 4.99 Å². The van der Waals surface area contributed by atoms with Crippen molar-refractivity contribution >= 4 is 17.3 Å². The molecule has 2 aromatic heterocycles. The lowest BCUT2D eigenvalue weighted by molar-refractivity contribution is 0.158. The summed E-state index contributed by atoms with van der Waals surface area (Å²) in [6.45, 7) is 5.76. The highest BCUT2D eigenvalue weighted by Crippen LogP contribution is 2.12. The van der Waals surface area contributed by atoms with Crippen molar-refractivity contribution in [2.45, 2.75) is 26.4 Å². The molecule has 6 nitrogen and oxygen atoms in total. The molecule has 3 N–H and O–H groups in total. The first kappa shape index (κ1) is 16.5. The SMILES string of the molecule is CCNC(=NCC(O)c1ccco1)NCCc1csc(C)n1. The average Bonchev–Trinajstić information content (AvgIpc) is 3.16. The van der Waals surface area contributed by atoms with Crippen LogP contribution < -0.4 is 10.6 Å². The first-order chi connectivity index (χ1) is 10.7. The molecule has 0 aromatic carbocycles. The van der Waals surface area contributed by atoms with Crippen molar-refractivity contribution in [3.05, 3.63) is 40.2 Å². The lowest BCUT2D eigenvalue weighted by Gasteiger charge is -2.12. The third kappa shape index (κ3) is 5.16. The fraction of sp³-hybridized carbons (Fsp3) is 0.467. The van der Waals surface area contributed by atoms with E-state index in [1.165, 1.54) is 0 Å². The molecule has 1 atom stereocenters. The second-order valence-corrected chi connectivity index (χ2v) is 5.85. The molecular formula is C15H22N4O2S. The van der Waals surface area contributed by atoms with Gasteiger partial charge in [0.2, 0.25) is 0 Å². The average molecular weight is 322 g/mol. The molecule has 0 aliphatic heterocycles. The molecule has 0 aliphatic carbocycles. The Morgan fingerprint density at radius 3 is 3.00 bits per heavy atom. The van der Waals surface area contributed by atoms with Gasteiger partial charge in [0.1, 0.15) is 11.9 Å². The maximum atomic E-state index is 9.97. The summed E-state index contributed by atoms with van der Waals surface area (Å²) >= 11 is 1.66. The van der Waals surface area contributed by atoms with Gasteiger partial charge in [-0.15, -0.1) is 11.3 Å². The summed E-state index contributed by atoms with van der Waals surface area (Å²) in [5, 5.41) is 19.5. The Morgan fingerprint density at radius 1 is 1.50 bits per heavy atom. The lowest BCUT2D eigenvalue weighted by Crippen LogP contribution is -2.38. The maximum absolute atomic E-state index is 9.97. The number of aliphatic hydroxyl groups is 1. The molecule has 0 aliphatic rings. The van der Waals surface area contributed by atoms with Crippen molar-refractivity contribution in [3.8, 4) is 0 Å². The van der Waals surface area contributed by atoms with Crippen LogP contribution in [0.1, 0.15) is 29.5 Å². The molecular weight excluding hydrogens is 300 g/mol. The van der Waals surface area contributed by atoms with Crippen LogP contribution in [-0.4, -0.2) is 35.7 Å². The van der Waals surface area contributed by atoms with Gasteiger partial charge in [0.25, 0.3) is 0 Å². The molecule has 0 spiro atoms. The molecule has 7 heteroatoms. The first-order valence-electron chi connectivity index (χ1n) is 7.33. The van der Waals surface area contributed by atoms with E-state index in [4.69, 9.17) is 4.42 Å². The van der Waals surface area contributed by atoms with Crippen LogP contribution in [0.4, 0.5) is 0 Å². The molecule has 0 saturated heterocycles. The van der Waals surface area contributed by atoms with Gasteiger partial charge in [-0.25, -0.2) is 4.98 Å². The minimum atomic E-state index is -0.730. The largest absolute Gasteiger partial charge is 0.467 e. The predicted molar refractivity (Wildman–Crippen MR) is 88.2 cm³/mol. The van der Waals surface area contributed by atoms with Crippen LogP contribution in [0.5, 0.6) is 0 Å². The molecule has 2 aromatic rings. The number of guanidine groups is 1. The zero-order valence-corrected chi connectivity index (χ0v) is 13.7. The Balaban J connectivity index is 1.81. The number of aliphatic hydroxyl groups excluding tert-OH is 1. The topological polar surface area (TPSA) is 82.7 Å². The van der Waals surface area contributed by atoms with Crippen LogP contribution in [0, 0.1) is 6.92 Å². The number of rotatable bonds is 7. The standard InChI is InChI=1S/C15H22N4O2S/c1-3-16-15(17-7-6-12-10-22-11(2)19-12)18-9-13(20)14-5-4-8-21-14/h4-5,8,10,13,20H,3,6-7,9H2,1-2H3,(H2,16,17,18). The summed E-state index contributed by atoms with van der Waals surface area (Å²) in [5.74, 6) is 1.21. The third-order valence-corrected chi connectivity index (χ3v) is 3.80. The van der Waals surface area contributed by atoms with E-state index in [-0.39, 0.29) is 6.54 Å². The fourth-order valence-corrected chi connectivity index (χ4v) is 2.57. The lowest BCUT2D eigenvalue weighted by atomic mass is 10.3. The Bertz CT molecular complexity index is 580. The molecule has 2 rings (SSSR count). The van der Waals surface area contributed by atoms with Crippen LogP contribution in [0.25, 0.3) is 0 Å². The Hall–Kier alpha value is -1.86. The quantitative estimate of drug-likeness (QED) is 0.535. The number of aliphatic imine (C=N–C) groups is 1. The van der Waals surface area contributed by atoms with Gasteiger partial charge in [-0.3, -0.25) is 4.99 Å². The van der Waals surface area contributed by atoms with Crippen LogP contribution in [0.3, 0.4) is 0 Å². The summed E-state index contributed by atoms with van der Waals surface area (Å²) < 4.78 is 5.16. The molecule has 0 bridgehead atoms. The van der Waals surface area contributed by atoms with Crippen molar-refractivity contribution in [3.63, 3.8) is 0 Å². The monoisotopic (exact) mass is 322 g/mol. The van der Waals surface area contributed by atoms with E-state index in [2.05, 4.69) is 26.0 Å². The molecule has 0 fully saturated rings. The highest BCUT2D eigenvalue weighted by atomic mass is 32.1. The zero-order valence-electron chi connectivity index (χ0n) is 12.9. The molecule has 2 heterocycles. The van der Waals surface area contributed by atoms with Crippen LogP contribution in [0.2, 0.25) is 0 Å². The molecule has 0 radical (unpaired) electrons. The van der Waals surface area contributed by atoms with E-state index in [0.29, 0.717) is 11.7 Å². The molecule has 120 valence electrons. The Morgan fingerprint density at radius 2 is 2.36 bits per heavy atom. The molecule has 22 heavy (non-hydrogen) atoms. The van der Waals surface area contributed by atoms with Gasteiger partial charge in [0.05, 0.1) is 23.5 Å². The zero-order chi connectivity index (χ0) is 15.8. The number of aryl methyl sites for hydroxylation is 1. The second-order valence-electron chi connectivity index (χ2n) is 4.79. The maximum Gasteiger partial charge on any atom is 0.191 e. The Kier molecular flexibility index (Phi) is 6.42. The van der Waals surface area contributed by atoms with E-state index in [1.807, 2.05) is 13.8 Å². The predicted octanol–water partition coefficient (Wildman–Crippen LogP) is 1.88. The van der Waals surface area contributed by atoms with E-state index in [9.17, 15) is 5.11 Å². The number of furan rings is 1. The highest BCUT2D eigenvalue weighted by Gasteiger charge is 2.10. The summed E-state index contributed by atoms with van der Waals surface area (Å²) in [6.07, 6.45) is 1.66. The number of hydrogen-bond acceptors (Lipinski definition) is 5. The van der Waals surface area contributed by atoms with Gasteiger partial charge in [0.15, 0.2) is 5.96 Å². The van der Waals surface area contributed by atoms with E-state index >= 15 is 0 Å². The number of aromatic nitrogens is 1. The van der Waals surface area contributed by atoms with Crippen LogP contribution in [-0.2, 0) is 6.42 Å².